The maximum atomic E-state index is 12.9. The van der Waals surface area contributed by atoms with Crippen LogP contribution in [0.5, 0.6) is 0 Å². The maximum absolute atomic E-state index is 12.9. The summed E-state index contributed by atoms with van der Waals surface area (Å²) in [5.41, 5.74) is 0.738. The molecule has 0 fully saturated rings. The summed E-state index contributed by atoms with van der Waals surface area (Å²) in [6, 6.07) is 14.5. The molecule has 2 aromatic carbocycles. The zero-order chi connectivity index (χ0) is 21.0. The van der Waals surface area contributed by atoms with E-state index in [2.05, 4.69) is 15.5 Å². The Morgan fingerprint density at radius 3 is 2.34 bits per heavy atom. The van der Waals surface area contributed by atoms with E-state index in [0.717, 1.165) is 0 Å². The SMILES string of the molecule is CC(C)c1noc(C(C)NC(=O)c2ccccc2S(=O)(=O)Cc2ccccc2)n1. The van der Waals surface area contributed by atoms with Gasteiger partial charge in [0.25, 0.3) is 5.91 Å². The predicted octanol–water partition coefficient (Wildman–Crippen LogP) is 3.66. The van der Waals surface area contributed by atoms with Crippen molar-refractivity contribution in [2.24, 2.45) is 0 Å². The topological polar surface area (TPSA) is 102 Å². The average molecular weight is 413 g/mol. The highest BCUT2D eigenvalue weighted by Gasteiger charge is 2.25. The Morgan fingerprint density at radius 1 is 1.03 bits per heavy atom. The summed E-state index contributed by atoms with van der Waals surface area (Å²) >= 11 is 0. The smallest absolute Gasteiger partial charge is 0.253 e. The molecule has 0 spiro atoms. The molecule has 0 aliphatic heterocycles. The van der Waals surface area contributed by atoms with E-state index in [1.165, 1.54) is 12.1 Å². The van der Waals surface area contributed by atoms with Gasteiger partial charge in [0.2, 0.25) is 5.89 Å². The van der Waals surface area contributed by atoms with Crippen LogP contribution < -0.4 is 5.32 Å². The fourth-order valence-electron chi connectivity index (χ4n) is 2.79. The van der Waals surface area contributed by atoms with E-state index >= 15 is 0 Å². The van der Waals surface area contributed by atoms with Crippen LogP contribution in [0.15, 0.2) is 64.0 Å². The van der Waals surface area contributed by atoms with Gasteiger partial charge in [-0.05, 0) is 24.6 Å². The first kappa shape index (κ1) is 20.7. The van der Waals surface area contributed by atoms with Gasteiger partial charge in [-0.15, -0.1) is 0 Å². The van der Waals surface area contributed by atoms with Gasteiger partial charge in [0.05, 0.1) is 16.2 Å². The third-order valence-electron chi connectivity index (χ3n) is 4.36. The van der Waals surface area contributed by atoms with Gasteiger partial charge in [0.1, 0.15) is 6.04 Å². The molecule has 1 amide bonds. The molecule has 8 heteroatoms. The molecule has 1 atom stereocenters. The van der Waals surface area contributed by atoms with E-state index in [4.69, 9.17) is 4.52 Å². The van der Waals surface area contributed by atoms with Crippen LogP contribution in [-0.2, 0) is 15.6 Å². The molecule has 0 bridgehead atoms. The van der Waals surface area contributed by atoms with Crippen LogP contribution in [0.4, 0.5) is 0 Å². The third kappa shape index (κ3) is 4.89. The Kier molecular flexibility index (Phi) is 6.12. The van der Waals surface area contributed by atoms with Gasteiger partial charge < -0.3 is 9.84 Å². The Bertz CT molecular complexity index is 1090. The minimum Gasteiger partial charge on any atom is -0.340 e. The molecule has 0 saturated heterocycles. The summed E-state index contributed by atoms with van der Waals surface area (Å²) in [5.74, 6) is 0.210. The first-order chi connectivity index (χ1) is 13.8. The van der Waals surface area contributed by atoms with E-state index in [1.807, 2.05) is 19.9 Å². The van der Waals surface area contributed by atoms with E-state index < -0.39 is 21.8 Å². The van der Waals surface area contributed by atoms with Crippen molar-refractivity contribution in [2.45, 2.75) is 43.4 Å². The highest BCUT2D eigenvalue weighted by Crippen LogP contribution is 2.22. The lowest BCUT2D eigenvalue weighted by molar-refractivity contribution is 0.0929. The highest BCUT2D eigenvalue weighted by molar-refractivity contribution is 7.90. The molecule has 0 aliphatic carbocycles. The molecule has 152 valence electrons. The van der Waals surface area contributed by atoms with Crippen molar-refractivity contribution in [3.8, 4) is 0 Å². The molecule has 1 N–H and O–H groups in total. The van der Waals surface area contributed by atoms with Crippen molar-refractivity contribution in [1.29, 1.82) is 0 Å². The van der Waals surface area contributed by atoms with Crippen molar-refractivity contribution in [2.75, 3.05) is 0 Å². The first-order valence-electron chi connectivity index (χ1n) is 9.28. The van der Waals surface area contributed by atoms with Crippen molar-refractivity contribution in [1.82, 2.24) is 15.5 Å². The number of amides is 1. The quantitative estimate of drug-likeness (QED) is 0.634. The Balaban J connectivity index is 1.83. The average Bonchev–Trinajstić information content (AvgIpc) is 3.19. The van der Waals surface area contributed by atoms with Crippen molar-refractivity contribution >= 4 is 15.7 Å². The summed E-state index contributed by atoms with van der Waals surface area (Å²) in [6.07, 6.45) is 0. The molecule has 1 aromatic heterocycles. The Labute approximate surface area is 170 Å². The number of nitrogens with zero attached hydrogens (tertiary/aromatic N) is 2. The molecule has 0 saturated carbocycles. The minimum absolute atomic E-state index is 0.0121. The van der Waals surface area contributed by atoms with Crippen LogP contribution in [0.2, 0.25) is 0 Å². The zero-order valence-corrected chi connectivity index (χ0v) is 17.3. The third-order valence-corrected chi connectivity index (χ3v) is 6.10. The van der Waals surface area contributed by atoms with Gasteiger partial charge in [-0.1, -0.05) is 61.5 Å². The highest BCUT2D eigenvalue weighted by atomic mass is 32.2. The van der Waals surface area contributed by atoms with Gasteiger partial charge >= 0.3 is 0 Å². The Morgan fingerprint density at radius 2 is 1.69 bits per heavy atom. The Hall–Kier alpha value is -3.00. The summed E-state index contributed by atoms with van der Waals surface area (Å²) < 4.78 is 31.1. The minimum atomic E-state index is -3.71. The molecule has 0 radical (unpaired) electrons. The van der Waals surface area contributed by atoms with E-state index in [9.17, 15) is 13.2 Å². The molecular formula is C21H23N3O4S. The number of carbonyl (C=O) groups is 1. The number of hydrogen-bond donors (Lipinski definition) is 1. The maximum Gasteiger partial charge on any atom is 0.253 e. The largest absolute Gasteiger partial charge is 0.340 e. The van der Waals surface area contributed by atoms with E-state index in [1.54, 1.807) is 43.3 Å². The van der Waals surface area contributed by atoms with Crippen molar-refractivity contribution in [3.05, 3.63) is 77.4 Å². The van der Waals surface area contributed by atoms with Gasteiger partial charge in [-0.3, -0.25) is 4.79 Å². The second-order valence-electron chi connectivity index (χ2n) is 7.08. The number of aromatic nitrogens is 2. The second kappa shape index (κ2) is 8.57. The molecule has 29 heavy (non-hydrogen) atoms. The van der Waals surface area contributed by atoms with Gasteiger partial charge in [-0.2, -0.15) is 4.98 Å². The summed E-state index contributed by atoms with van der Waals surface area (Å²) in [5, 5.41) is 6.63. The molecule has 3 rings (SSSR count). The molecule has 0 aliphatic rings. The van der Waals surface area contributed by atoms with Crippen molar-refractivity contribution in [3.63, 3.8) is 0 Å². The monoisotopic (exact) mass is 413 g/mol. The summed E-state index contributed by atoms with van der Waals surface area (Å²) in [4.78, 5) is 17.1. The lowest BCUT2D eigenvalue weighted by Crippen LogP contribution is -2.28. The van der Waals surface area contributed by atoms with Gasteiger partial charge in [-0.25, -0.2) is 8.42 Å². The zero-order valence-electron chi connectivity index (χ0n) is 16.5. The van der Waals surface area contributed by atoms with Crippen LogP contribution in [0, 0.1) is 0 Å². The summed E-state index contributed by atoms with van der Waals surface area (Å²) in [7, 11) is -3.71. The van der Waals surface area contributed by atoms with Crippen LogP contribution in [0.1, 0.15) is 60.4 Å². The van der Waals surface area contributed by atoms with Gasteiger partial charge in [0.15, 0.2) is 15.7 Å². The molecule has 7 nitrogen and oxygen atoms in total. The molecular weight excluding hydrogens is 390 g/mol. The van der Waals surface area contributed by atoms with Crippen LogP contribution in [-0.4, -0.2) is 24.5 Å². The number of hydrogen-bond acceptors (Lipinski definition) is 6. The number of nitrogens with one attached hydrogen (secondary N) is 1. The van der Waals surface area contributed by atoms with Crippen LogP contribution in [0.25, 0.3) is 0 Å². The number of benzene rings is 2. The molecule has 3 aromatic rings. The fourth-order valence-corrected chi connectivity index (χ4v) is 4.36. The van der Waals surface area contributed by atoms with Crippen LogP contribution >= 0.6 is 0 Å². The van der Waals surface area contributed by atoms with Crippen molar-refractivity contribution < 1.29 is 17.7 Å². The number of rotatable bonds is 7. The van der Waals surface area contributed by atoms with Gasteiger partial charge in [0, 0.05) is 5.92 Å². The molecule has 1 heterocycles. The number of carbonyl (C=O) groups excluding carboxylic acids is 1. The normalized spacial score (nSPS) is 12.7. The standard InChI is InChI=1S/C21H23N3O4S/c1-14(2)19-23-21(28-24-19)15(3)22-20(25)17-11-7-8-12-18(17)29(26,27)13-16-9-5-4-6-10-16/h4-12,14-15H,13H2,1-3H3,(H,22,25). The van der Waals surface area contributed by atoms with Crippen LogP contribution in [0.3, 0.4) is 0 Å². The number of sulfone groups is 1. The predicted molar refractivity (Wildman–Crippen MR) is 108 cm³/mol. The van der Waals surface area contributed by atoms with E-state index in [0.29, 0.717) is 11.4 Å². The second-order valence-corrected chi connectivity index (χ2v) is 9.04. The lowest BCUT2D eigenvalue weighted by Gasteiger charge is -2.13. The first-order valence-corrected chi connectivity index (χ1v) is 10.9. The fraction of sp³-hybridized carbons (Fsp3) is 0.286. The molecule has 1 unspecified atom stereocenters. The summed E-state index contributed by atoms with van der Waals surface area (Å²) in [6.45, 7) is 5.58. The lowest BCUT2D eigenvalue weighted by atomic mass is 10.2. The van der Waals surface area contributed by atoms with E-state index in [-0.39, 0.29) is 28.0 Å².